The van der Waals surface area contributed by atoms with Crippen LogP contribution in [-0.2, 0) is 9.59 Å². The maximum absolute atomic E-state index is 12.0. The Balaban J connectivity index is 1.68. The molecule has 0 bridgehead atoms. The molecule has 0 atom stereocenters. The molecule has 7 heteroatoms. The number of carbonyl (C=O) groups is 2. The number of hydrogen-bond donors (Lipinski definition) is 1. The largest absolute Gasteiger partial charge is 0.494 e. The first-order valence-electron chi connectivity index (χ1n) is 8.01. The van der Waals surface area contributed by atoms with E-state index >= 15 is 0 Å². The molecule has 0 fully saturated rings. The minimum atomic E-state index is -4.93. The predicted molar refractivity (Wildman–Crippen MR) is 90.7 cm³/mol. The Bertz CT molecular complexity index is 728. The molecule has 26 heavy (non-hydrogen) atoms. The summed E-state index contributed by atoms with van der Waals surface area (Å²) in [4.78, 5) is 22.1. The third-order valence-corrected chi connectivity index (χ3v) is 3.54. The molecule has 0 saturated carbocycles. The molecule has 0 aliphatic rings. The molecular weight excluding hydrogens is 347 g/mol. The van der Waals surface area contributed by atoms with Crippen LogP contribution in [0.2, 0.25) is 0 Å². The van der Waals surface area contributed by atoms with Crippen molar-refractivity contribution in [3.63, 3.8) is 0 Å². The number of rotatable bonds is 8. The van der Waals surface area contributed by atoms with Gasteiger partial charge in [-0.2, -0.15) is 13.2 Å². The third-order valence-electron chi connectivity index (χ3n) is 3.54. The second-order valence-corrected chi connectivity index (χ2v) is 5.54. The minimum absolute atomic E-state index is 0.0206. The van der Waals surface area contributed by atoms with Crippen molar-refractivity contribution < 1.29 is 27.5 Å². The second-order valence-electron chi connectivity index (χ2n) is 5.54. The van der Waals surface area contributed by atoms with E-state index in [1.165, 1.54) is 0 Å². The quantitative estimate of drug-likeness (QED) is 0.725. The number of nitrogens with one attached hydrogen (secondary N) is 1. The normalized spacial score (nSPS) is 11.0. The van der Waals surface area contributed by atoms with Crippen LogP contribution in [0.4, 0.5) is 13.2 Å². The van der Waals surface area contributed by atoms with Gasteiger partial charge in [-0.15, -0.1) is 0 Å². The third kappa shape index (κ3) is 6.23. The Morgan fingerprint density at radius 1 is 0.923 bits per heavy atom. The number of alkyl halides is 3. The minimum Gasteiger partial charge on any atom is -0.494 e. The van der Waals surface area contributed by atoms with E-state index in [2.05, 4.69) is 0 Å². The van der Waals surface area contributed by atoms with Crippen molar-refractivity contribution in [1.82, 2.24) is 5.32 Å². The molecule has 0 saturated heterocycles. The van der Waals surface area contributed by atoms with Crippen molar-refractivity contribution in [3.05, 3.63) is 54.6 Å². The lowest BCUT2D eigenvalue weighted by molar-refractivity contribution is -0.170. The summed E-state index contributed by atoms with van der Waals surface area (Å²) in [5.74, 6) is -1.96. The first kappa shape index (κ1) is 19.5. The summed E-state index contributed by atoms with van der Waals surface area (Å²) in [5.41, 5.74) is 2.13. The van der Waals surface area contributed by atoms with Crippen molar-refractivity contribution in [3.8, 4) is 16.9 Å². The zero-order chi connectivity index (χ0) is 19.0. The van der Waals surface area contributed by atoms with Crippen LogP contribution in [0.15, 0.2) is 54.6 Å². The molecule has 0 radical (unpaired) electrons. The summed E-state index contributed by atoms with van der Waals surface area (Å²) in [6.07, 6.45) is -4.62. The van der Waals surface area contributed by atoms with Gasteiger partial charge in [-0.05, 0) is 29.7 Å². The van der Waals surface area contributed by atoms with Crippen LogP contribution >= 0.6 is 0 Å². The fourth-order valence-electron chi connectivity index (χ4n) is 2.16. The fraction of sp³-hybridized carbons (Fsp3) is 0.263. The molecule has 1 N–H and O–H groups in total. The highest BCUT2D eigenvalue weighted by Crippen LogP contribution is 2.22. The van der Waals surface area contributed by atoms with E-state index < -0.39 is 24.4 Å². The van der Waals surface area contributed by atoms with E-state index in [-0.39, 0.29) is 13.0 Å². The van der Waals surface area contributed by atoms with Crippen LogP contribution in [0.5, 0.6) is 5.75 Å². The molecule has 2 rings (SSSR count). The molecule has 4 nitrogen and oxygen atoms in total. The average molecular weight is 365 g/mol. The molecule has 0 unspecified atom stereocenters. The van der Waals surface area contributed by atoms with Crippen molar-refractivity contribution in [2.45, 2.75) is 19.0 Å². The lowest BCUT2D eigenvalue weighted by atomic mass is 10.1. The summed E-state index contributed by atoms with van der Waals surface area (Å²) in [6, 6.07) is 17.3. The number of amides is 1. The summed E-state index contributed by atoms with van der Waals surface area (Å²) < 4.78 is 41.5. The molecule has 0 heterocycles. The van der Waals surface area contributed by atoms with Crippen LogP contribution < -0.4 is 10.1 Å². The van der Waals surface area contributed by atoms with Crippen LogP contribution in [0.3, 0.4) is 0 Å². The topological polar surface area (TPSA) is 55.4 Å². The van der Waals surface area contributed by atoms with Crippen LogP contribution in [-0.4, -0.2) is 31.0 Å². The van der Waals surface area contributed by atoms with Gasteiger partial charge < -0.3 is 10.1 Å². The lowest BCUT2D eigenvalue weighted by Gasteiger charge is -2.08. The van der Waals surface area contributed by atoms with E-state index in [0.717, 1.165) is 11.1 Å². The Hall–Kier alpha value is -2.83. The standard InChI is InChI=1S/C19H18F3NO3/c20-19(21,22)17(24)13-23-18(25)7-4-12-26-16-10-8-15(9-11-16)14-5-2-1-3-6-14/h1-3,5-6,8-11H,4,7,12-13H2,(H,23,25). The highest BCUT2D eigenvalue weighted by molar-refractivity contribution is 5.89. The highest BCUT2D eigenvalue weighted by atomic mass is 19.4. The van der Waals surface area contributed by atoms with Crippen molar-refractivity contribution in [1.29, 1.82) is 0 Å². The molecule has 2 aromatic carbocycles. The smallest absolute Gasteiger partial charge is 0.451 e. The van der Waals surface area contributed by atoms with Gasteiger partial charge in [0.25, 0.3) is 5.78 Å². The van der Waals surface area contributed by atoms with Gasteiger partial charge in [0, 0.05) is 6.42 Å². The van der Waals surface area contributed by atoms with E-state index in [1.54, 1.807) is 0 Å². The van der Waals surface area contributed by atoms with Gasteiger partial charge >= 0.3 is 6.18 Å². The molecule has 0 aliphatic carbocycles. The van der Waals surface area contributed by atoms with Gasteiger partial charge in [0.05, 0.1) is 13.2 Å². The molecule has 0 aliphatic heterocycles. The van der Waals surface area contributed by atoms with E-state index in [4.69, 9.17) is 4.74 Å². The lowest BCUT2D eigenvalue weighted by Crippen LogP contribution is -2.36. The maximum atomic E-state index is 12.0. The van der Waals surface area contributed by atoms with Crippen molar-refractivity contribution >= 4 is 11.7 Å². The van der Waals surface area contributed by atoms with Crippen LogP contribution in [0.1, 0.15) is 12.8 Å². The fourth-order valence-corrected chi connectivity index (χ4v) is 2.16. The number of Topliss-reactive ketones (excluding diaryl/α,β-unsaturated/α-hetero) is 1. The summed E-state index contributed by atoms with van der Waals surface area (Å²) in [5, 5.41) is 1.95. The Morgan fingerprint density at radius 2 is 1.54 bits per heavy atom. The predicted octanol–water partition coefficient (Wildman–Crippen LogP) is 3.76. The molecule has 0 spiro atoms. The van der Waals surface area contributed by atoms with E-state index in [0.29, 0.717) is 12.2 Å². The number of ketones is 1. The summed E-state index contributed by atoms with van der Waals surface area (Å²) >= 11 is 0. The highest BCUT2D eigenvalue weighted by Gasteiger charge is 2.37. The number of carbonyl (C=O) groups excluding carboxylic acids is 2. The number of ether oxygens (including phenoxy) is 1. The van der Waals surface area contributed by atoms with Gasteiger partial charge in [0.1, 0.15) is 5.75 Å². The molecule has 138 valence electrons. The van der Waals surface area contributed by atoms with Gasteiger partial charge in [-0.1, -0.05) is 42.5 Å². The first-order valence-corrected chi connectivity index (χ1v) is 8.01. The second kappa shape index (κ2) is 9.03. The van der Waals surface area contributed by atoms with E-state index in [1.807, 2.05) is 59.9 Å². The first-order chi connectivity index (χ1) is 12.4. The molecule has 0 aromatic heterocycles. The van der Waals surface area contributed by atoms with Gasteiger partial charge in [-0.25, -0.2) is 0 Å². The molecule has 1 amide bonds. The Labute approximate surface area is 149 Å². The number of benzene rings is 2. The van der Waals surface area contributed by atoms with Crippen molar-refractivity contribution in [2.24, 2.45) is 0 Å². The van der Waals surface area contributed by atoms with Gasteiger partial charge in [-0.3, -0.25) is 9.59 Å². The number of halogens is 3. The summed E-state index contributed by atoms with van der Waals surface area (Å²) in [7, 11) is 0. The Kier molecular flexibility index (Phi) is 6.77. The SMILES string of the molecule is O=C(CCCOc1ccc(-c2ccccc2)cc1)NCC(=O)C(F)(F)F. The average Bonchev–Trinajstić information content (AvgIpc) is 2.63. The Morgan fingerprint density at radius 3 is 2.15 bits per heavy atom. The zero-order valence-corrected chi connectivity index (χ0v) is 13.9. The number of hydrogen-bond acceptors (Lipinski definition) is 3. The van der Waals surface area contributed by atoms with Crippen molar-refractivity contribution in [2.75, 3.05) is 13.2 Å². The maximum Gasteiger partial charge on any atom is 0.451 e. The monoisotopic (exact) mass is 365 g/mol. The molecule has 2 aromatic rings. The van der Waals surface area contributed by atoms with Crippen LogP contribution in [0.25, 0.3) is 11.1 Å². The van der Waals surface area contributed by atoms with Gasteiger partial charge in [0.15, 0.2) is 0 Å². The van der Waals surface area contributed by atoms with Gasteiger partial charge in [0.2, 0.25) is 5.91 Å². The molecular formula is C19H18F3NO3. The zero-order valence-electron chi connectivity index (χ0n) is 13.9. The van der Waals surface area contributed by atoms with Crippen LogP contribution in [0, 0.1) is 0 Å². The summed E-state index contributed by atoms with van der Waals surface area (Å²) in [6.45, 7) is -0.796. The van der Waals surface area contributed by atoms with E-state index in [9.17, 15) is 22.8 Å².